The number of nitrogens with zero attached hydrogens (tertiary/aromatic N) is 1. The predicted octanol–water partition coefficient (Wildman–Crippen LogP) is -1.69. The molecular formula is C7H10BrNS. The first-order valence-electron chi connectivity index (χ1n) is 2.87. The van der Waals surface area contributed by atoms with Crippen molar-refractivity contribution in [2.24, 2.45) is 7.05 Å². The van der Waals surface area contributed by atoms with Crippen LogP contribution in [-0.2, 0) is 13.5 Å². The van der Waals surface area contributed by atoms with Gasteiger partial charge >= 0.3 is 0 Å². The molecule has 3 heteroatoms. The van der Waals surface area contributed by atoms with Crippen molar-refractivity contribution in [3.8, 4) is 0 Å². The van der Waals surface area contributed by atoms with Gasteiger partial charge in [-0.1, -0.05) is 17.4 Å². The van der Waals surface area contributed by atoms with Crippen molar-refractivity contribution in [1.29, 1.82) is 0 Å². The molecule has 0 fully saturated rings. The SMILES string of the molecule is C=CCc1scc[n+]1C.[Br-]. The van der Waals surface area contributed by atoms with Gasteiger partial charge < -0.3 is 17.0 Å². The quantitative estimate of drug-likeness (QED) is 0.413. The van der Waals surface area contributed by atoms with E-state index in [1.807, 2.05) is 6.08 Å². The summed E-state index contributed by atoms with van der Waals surface area (Å²) in [5, 5.41) is 3.43. The van der Waals surface area contributed by atoms with E-state index >= 15 is 0 Å². The highest BCUT2D eigenvalue weighted by molar-refractivity contribution is 7.09. The molecular weight excluding hydrogens is 210 g/mol. The van der Waals surface area contributed by atoms with Gasteiger partial charge in [0.15, 0.2) is 6.20 Å². The minimum Gasteiger partial charge on any atom is -1.00 e. The molecule has 0 radical (unpaired) electrons. The second-order valence-corrected chi connectivity index (χ2v) is 2.88. The lowest BCUT2D eigenvalue weighted by Crippen LogP contribution is -3.00. The molecule has 0 aliphatic heterocycles. The molecule has 1 rings (SSSR count). The van der Waals surface area contributed by atoms with Crippen molar-refractivity contribution in [1.82, 2.24) is 0 Å². The lowest BCUT2D eigenvalue weighted by atomic mass is 10.4. The smallest absolute Gasteiger partial charge is 0.240 e. The van der Waals surface area contributed by atoms with Gasteiger partial charge in [0.05, 0.1) is 11.8 Å². The van der Waals surface area contributed by atoms with E-state index in [-0.39, 0.29) is 17.0 Å². The van der Waals surface area contributed by atoms with Gasteiger partial charge in [0.25, 0.3) is 0 Å². The molecule has 10 heavy (non-hydrogen) atoms. The summed E-state index contributed by atoms with van der Waals surface area (Å²) in [5.74, 6) is 0. The molecule has 0 aliphatic rings. The molecule has 0 atom stereocenters. The number of rotatable bonds is 2. The lowest BCUT2D eigenvalue weighted by molar-refractivity contribution is -0.673. The number of hydrogen-bond donors (Lipinski definition) is 0. The number of thiazole rings is 1. The van der Waals surface area contributed by atoms with Crippen LogP contribution in [-0.4, -0.2) is 0 Å². The number of halogens is 1. The van der Waals surface area contributed by atoms with Crippen LogP contribution in [0, 0.1) is 0 Å². The first-order chi connectivity index (χ1) is 4.34. The fraction of sp³-hybridized carbons (Fsp3) is 0.286. The van der Waals surface area contributed by atoms with E-state index < -0.39 is 0 Å². The Balaban J connectivity index is 0.000000810. The van der Waals surface area contributed by atoms with E-state index in [9.17, 15) is 0 Å². The Bertz CT molecular complexity index is 207. The Morgan fingerprint density at radius 3 is 2.90 bits per heavy atom. The molecule has 56 valence electrons. The van der Waals surface area contributed by atoms with Gasteiger partial charge in [0, 0.05) is 0 Å². The molecule has 1 nitrogen and oxygen atoms in total. The van der Waals surface area contributed by atoms with Crippen LogP contribution in [0.5, 0.6) is 0 Å². The minimum atomic E-state index is 0. The second kappa shape index (κ2) is 4.63. The minimum absolute atomic E-state index is 0. The van der Waals surface area contributed by atoms with Crippen LogP contribution in [0.4, 0.5) is 0 Å². The van der Waals surface area contributed by atoms with Crippen molar-refractivity contribution in [2.45, 2.75) is 6.42 Å². The van der Waals surface area contributed by atoms with Crippen molar-refractivity contribution in [3.05, 3.63) is 29.2 Å². The first-order valence-corrected chi connectivity index (χ1v) is 3.75. The highest BCUT2D eigenvalue weighted by atomic mass is 79.9. The summed E-state index contributed by atoms with van der Waals surface area (Å²) in [6.45, 7) is 3.67. The third-order valence-electron chi connectivity index (χ3n) is 1.20. The molecule has 0 saturated carbocycles. The predicted molar refractivity (Wildman–Crippen MR) is 39.4 cm³/mol. The van der Waals surface area contributed by atoms with Crippen LogP contribution in [0.15, 0.2) is 24.2 Å². The van der Waals surface area contributed by atoms with Gasteiger partial charge in [0.1, 0.15) is 7.05 Å². The molecule has 1 aromatic rings. The number of aryl methyl sites for hydroxylation is 1. The number of hydrogen-bond acceptors (Lipinski definition) is 1. The van der Waals surface area contributed by atoms with E-state index in [1.54, 1.807) is 11.3 Å². The topological polar surface area (TPSA) is 3.88 Å². The highest BCUT2D eigenvalue weighted by Crippen LogP contribution is 2.01. The molecule has 0 saturated heterocycles. The van der Waals surface area contributed by atoms with E-state index in [4.69, 9.17) is 0 Å². The van der Waals surface area contributed by atoms with Crippen molar-refractivity contribution >= 4 is 11.3 Å². The van der Waals surface area contributed by atoms with Gasteiger partial charge in [-0.15, -0.1) is 6.58 Å². The van der Waals surface area contributed by atoms with E-state index in [0.29, 0.717) is 0 Å². The summed E-state index contributed by atoms with van der Waals surface area (Å²) in [4.78, 5) is 0. The molecule has 0 amide bonds. The zero-order valence-corrected chi connectivity index (χ0v) is 8.28. The molecule has 0 bridgehead atoms. The Morgan fingerprint density at radius 1 is 1.80 bits per heavy atom. The van der Waals surface area contributed by atoms with E-state index in [2.05, 4.69) is 29.8 Å². The Hall–Kier alpha value is -0.150. The monoisotopic (exact) mass is 219 g/mol. The van der Waals surface area contributed by atoms with Gasteiger partial charge in [0.2, 0.25) is 5.01 Å². The molecule has 0 aliphatic carbocycles. The normalized spacial score (nSPS) is 8.50. The van der Waals surface area contributed by atoms with Gasteiger partial charge in [-0.3, -0.25) is 0 Å². The Morgan fingerprint density at radius 2 is 2.50 bits per heavy atom. The van der Waals surface area contributed by atoms with Gasteiger partial charge in [-0.05, 0) is 0 Å². The fourth-order valence-corrected chi connectivity index (χ4v) is 1.52. The van der Waals surface area contributed by atoms with Crippen LogP contribution < -0.4 is 21.5 Å². The Labute approximate surface area is 75.8 Å². The maximum Gasteiger partial charge on any atom is 0.240 e. The summed E-state index contributed by atoms with van der Waals surface area (Å²) in [7, 11) is 2.05. The standard InChI is InChI=1S/C7H10NS.BrH/c1-3-4-7-8(2)5-6-9-7;/h3,5-6H,1,4H2,2H3;1H/q+1;/p-1. The summed E-state index contributed by atoms with van der Waals surface area (Å²) < 4.78 is 2.12. The third kappa shape index (κ3) is 2.23. The van der Waals surface area contributed by atoms with Gasteiger partial charge in [-0.2, -0.15) is 4.57 Å². The van der Waals surface area contributed by atoms with Crippen LogP contribution in [0.3, 0.4) is 0 Å². The maximum atomic E-state index is 3.67. The zero-order chi connectivity index (χ0) is 6.69. The Kier molecular flexibility index (Phi) is 4.56. The largest absolute Gasteiger partial charge is 1.00 e. The second-order valence-electron chi connectivity index (χ2n) is 1.90. The summed E-state index contributed by atoms with van der Waals surface area (Å²) >= 11 is 1.77. The van der Waals surface area contributed by atoms with E-state index in [1.165, 1.54) is 5.01 Å². The first kappa shape index (κ1) is 9.85. The average Bonchev–Trinajstić information content (AvgIpc) is 2.18. The molecule has 1 heterocycles. The zero-order valence-electron chi connectivity index (χ0n) is 5.88. The van der Waals surface area contributed by atoms with Gasteiger partial charge in [-0.25, -0.2) is 0 Å². The van der Waals surface area contributed by atoms with E-state index in [0.717, 1.165) is 6.42 Å². The molecule has 0 spiro atoms. The number of aromatic nitrogens is 1. The molecule has 0 unspecified atom stereocenters. The average molecular weight is 220 g/mol. The third-order valence-corrected chi connectivity index (χ3v) is 2.19. The highest BCUT2D eigenvalue weighted by Gasteiger charge is 2.02. The van der Waals surface area contributed by atoms with Crippen molar-refractivity contribution in [2.75, 3.05) is 0 Å². The maximum absolute atomic E-state index is 3.67. The van der Waals surface area contributed by atoms with Crippen molar-refractivity contribution < 1.29 is 21.5 Å². The summed E-state index contributed by atoms with van der Waals surface area (Å²) in [6, 6.07) is 0. The van der Waals surface area contributed by atoms with Crippen LogP contribution in [0.1, 0.15) is 5.01 Å². The van der Waals surface area contributed by atoms with Crippen molar-refractivity contribution in [3.63, 3.8) is 0 Å². The molecule has 0 N–H and O–H groups in total. The van der Waals surface area contributed by atoms with Crippen LogP contribution in [0.2, 0.25) is 0 Å². The lowest BCUT2D eigenvalue weighted by Gasteiger charge is -1.82. The summed E-state index contributed by atoms with van der Waals surface area (Å²) in [6.07, 6.45) is 4.96. The summed E-state index contributed by atoms with van der Waals surface area (Å²) in [5.41, 5.74) is 0. The molecule has 0 aromatic carbocycles. The van der Waals surface area contributed by atoms with Crippen LogP contribution >= 0.6 is 11.3 Å². The number of allylic oxidation sites excluding steroid dienone is 1. The molecule has 1 aromatic heterocycles. The fourth-order valence-electron chi connectivity index (χ4n) is 0.682. The van der Waals surface area contributed by atoms with Crippen LogP contribution in [0.25, 0.3) is 0 Å².